The number of allylic oxidation sites excluding steroid dienone is 3. The molecule has 1 aromatic carbocycles. The number of hydrogen-bond acceptors (Lipinski definition) is 6. The summed E-state index contributed by atoms with van der Waals surface area (Å²) < 4.78 is 34.0. The van der Waals surface area contributed by atoms with Crippen molar-refractivity contribution in [1.29, 1.82) is 0 Å². The van der Waals surface area contributed by atoms with E-state index in [1.807, 2.05) is 26.0 Å². The van der Waals surface area contributed by atoms with Crippen molar-refractivity contribution >= 4 is 0 Å². The molecule has 1 heterocycles. The monoisotopic (exact) mass is 514 g/mol. The molecule has 3 rings (SSSR count). The maximum Gasteiger partial charge on any atom is 0.196 e. The predicted molar refractivity (Wildman–Crippen MR) is 146 cm³/mol. The van der Waals surface area contributed by atoms with Crippen molar-refractivity contribution in [3.8, 4) is 5.75 Å². The molecule has 206 valence electrons. The second-order valence-electron chi connectivity index (χ2n) is 9.89. The average Bonchev–Trinajstić information content (AvgIpc) is 3.72. The largest absolute Gasteiger partial charge is 0.494 e. The lowest BCUT2D eigenvalue weighted by Crippen LogP contribution is -2.27. The van der Waals surface area contributed by atoms with Gasteiger partial charge < -0.3 is 28.4 Å². The van der Waals surface area contributed by atoms with Gasteiger partial charge in [0.15, 0.2) is 18.3 Å². The maximum absolute atomic E-state index is 5.98. The molecule has 6 nitrogen and oxygen atoms in total. The van der Waals surface area contributed by atoms with Gasteiger partial charge in [-0.15, -0.1) is 0 Å². The number of hydrogen-bond donors (Lipinski definition) is 0. The third kappa shape index (κ3) is 10.9. The molecule has 1 saturated heterocycles. The molecule has 1 aliphatic carbocycles. The van der Waals surface area contributed by atoms with E-state index in [2.05, 4.69) is 51.1 Å². The maximum atomic E-state index is 5.98. The fraction of sp³-hybridized carbons (Fsp3) is 0.613. The first-order valence-electron chi connectivity index (χ1n) is 13.9. The molecule has 1 aliphatic heterocycles. The number of ether oxygens (including phenoxy) is 6. The van der Waals surface area contributed by atoms with Crippen molar-refractivity contribution in [3.05, 3.63) is 65.7 Å². The zero-order valence-corrected chi connectivity index (χ0v) is 23.3. The highest BCUT2D eigenvalue weighted by atomic mass is 16.7. The van der Waals surface area contributed by atoms with Crippen LogP contribution in [-0.2, 0) is 30.1 Å². The van der Waals surface area contributed by atoms with Crippen LogP contribution in [0.5, 0.6) is 5.75 Å². The van der Waals surface area contributed by atoms with Crippen LogP contribution in [-0.4, -0.2) is 45.1 Å². The number of rotatable bonds is 18. The van der Waals surface area contributed by atoms with E-state index in [4.69, 9.17) is 28.4 Å². The van der Waals surface area contributed by atoms with E-state index in [1.54, 1.807) is 6.26 Å². The van der Waals surface area contributed by atoms with Gasteiger partial charge in [-0.05, 0) is 75.1 Å². The second-order valence-corrected chi connectivity index (χ2v) is 9.89. The van der Waals surface area contributed by atoms with Crippen molar-refractivity contribution < 1.29 is 28.4 Å². The van der Waals surface area contributed by atoms with Gasteiger partial charge in [-0.3, -0.25) is 0 Å². The average molecular weight is 515 g/mol. The minimum Gasteiger partial charge on any atom is -0.494 e. The Bertz CT molecular complexity index is 868. The van der Waals surface area contributed by atoms with Crippen LogP contribution in [0, 0.1) is 11.8 Å². The van der Waals surface area contributed by atoms with Gasteiger partial charge in [0, 0.05) is 19.1 Å². The predicted octanol–water partition coefficient (Wildman–Crippen LogP) is 6.96. The molecule has 1 aromatic rings. The Hall–Kier alpha value is -2.28. The number of epoxide rings is 1. The Morgan fingerprint density at radius 1 is 0.973 bits per heavy atom. The Morgan fingerprint density at radius 3 is 2.27 bits per heavy atom. The minimum atomic E-state index is -0.295. The van der Waals surface area contributed by atoms with Crippen molar-refractivity contribution in [1.82, 2.24) is 0 Å². The molecule has 0 radical (unpaired) electrons. The van der Waals surface area contributed by atoms with Gasteiger partial charge in [-0.1, -0.05) is 51.1 Å². The molecule has 0 aromatic heterocycles. The van der Waals surface area contributed by atoms with E-state index in [1.165, 1.54) is 11.1 Å². The molecular formula is C31H46O6. The van der Waals surface area contributed by atoms with Crippen LogP contribution in [0.3, 0.4) is 0 Å². The first-order chi connectivity index (χ1) is 18.0. The summed E-state index contributed by atoms with van der Waals surface area (Å²) in [6, 6.07) is 8.31. The summed E-state index contributed by atoms with van der Waals surface area (Å²) >= 11 is 0. The van der Waals surface area contributed by atoms with Crippen molar-refractivity contribution in [2.24, 2.45) is 11.8 Å². The van der Waals surface area contributed by atoms with Gasteiger partial charge in [0.25, 0.3) is 0 Å². The van der Waals surface area contributed by atoms with Gasteiger partial charge >= 0.3 is 0 Å². The van der Waals surface area contributed by atoms with E-state index >= 15 is 0 Å². The van der Waals surface area contributed by atoms with Crippen LogP contribution >= 0.6 is 0 Å². The van der Waals surface area contributed by atoms with Gasteiger partial charge in [0.1, 0.15) is 24.7 Å². The molecule has 1 fully saturated rings. The van der Waals surface area contributed by atoms with Gasteiger partial charge in [-0.2, -0.15) is 0 Å². The highest BCUT2D eigenvalue weighted by Crippen LogP contribution is 2.31. The summed E-state index contributed by atoms with van der Waals surface area (Å²) in [7, 11) is 0. The van der Waals surface area contributed by atoms with E-state index in [0.29, 0.717) is 31.7 Å². The molecule has 5 atom stereocenters. The topological polar surface area (TPSA) is 58.7 Å². The SMILES string of the molecule is CCCOC(C)OCCCCOC(C)Oc1ccc(CC2=C[C@@H](C)C(C(CC)O/C=C3\CO3)C=C2)cc1. The highest BCUT2D eigenvalue weighted by Gasteiger charge is 2.26. The highest BCUT2D eigenvalue weighted by molar-refractivity contribution is 5.35. The molecule has 0 saturated carbocycles. The third-order valence-corrected chi connectivity index (χ3v) is 6.57. The van der Waals surface area contributed by atoms with E-state index in [9.17, 15) is 0 Å². The van der Waals surface area contributed by atoms with Crippen molar-refractivity contribution in [2.75, 3.05) is 26.4 Å². The van der Waals surface area contributed by atoms with E-state index < -0.39 is 0 Å². The third-order valence-electron chi connectivity index (χ3n) is 6.57. The van der Waals surface area contributed by atoms with Crippen molar-refractivity contribution in [2.45, 2.75) is 85.4 Å². The lowest BCUT2D eigenvalue weighted by atomic mass is 9.81. The van der Waals surface area contributed by atoms with Crippen LogP contribution in [0.15, 0.2) is 60.1 Å². The fourth-order valence-corrected chi connectivity index (χ4v) is 4.41. The smallest absolute Gasteiger partial charge is 0.196 e. The summed E-state index contributed by atoms with van der Waals surface area (Å²) in [6.45, 7) is 13.2. The lowest BCUT2D eigenvalue weighted by Gasteiger charge is -2.29. The van der Waals surface area contributed by atoms with Gasteiger partial charge in [0.2, 0.25) is 0 Å². The second kappa shape index (κ2) is 15.9. The first-order valence-corrected chi connectivity index (χ1v) is 13.9. The van der Waals surface area contributed by atoms with Crippen LogP contribution in [0.2, 0.25) is 0 Å². The van der Waals surface area contributed by atoms with Crippen LogP contribution in [0.4, 0.5) is 0 Å². The summed E-state index contributed by atoms with van der Waals surface area (Å²) in [5, 5.41) is 0. The fourth-order valence-electron chi connectivity index (χ4n) is 4.41. The summed E-state index contributed by atoms with van der Waals surface area (Å²) in [5.41, 5.74) is 2.60. The minimum absolute atomic E-state index is 0.143. The lowest BCUT2D eigenvalue weighted by molar-refractivity contribution is -0.132. The number of benzene rings is 1. The molecule has 0 bridgehead atoms. The Balaban J connectivity index is 1.34. The molecule has 0 spiro atoms. The molecule has 2 aliphatic rings. The normalized spacial score (nSPS) is 22.2. The first kappa shape index (κ1) is 29.3. The standard InChI is InChI=1S/C31H46O6/c1-6-16-32-24(4)33-17-8-9-18-34-25(5)37-28-13-10-26(11-14-28)20-27-12-15-30(23(3)19-27)31(7-2)36-22-29-21-35-29/h10-15,19,22-25,30-31H,6-9,16-18,20-21H2,1-5H3/b29-22+/t23-,24?,25?,30?,31?/m1/s1. The molecule has 4 unspecified atom stereocenters. The van der Waals surface area contributed by atoms with E-state index in [0.717, 1.165) is 50.2 Å². The van der Waals surface area contributed by atoms with Gasteiger partial charge in [0.05, 0.1) is 6.61 Å². The zero-order chi connectivity index (χ0) is 26.5. The van der Waals surface area contributed by atoms with Gasteiger partial charge in [-0.25, -0.2) is 0 Å². The summed E-state index contributed by atoms with van der Waals surface area (Å²) in [5.74, 6) is 2.56. The van der Waals surface area contributed by atoms with Crippen LogP contribution < -0.4 is 4.74 Å². The Morgan fingerprint density at radius 2 is 1.65 bits per heavy atom. The van der Waals surface area contributed by atoms with Crippen LogP contribution in [0.25, 0.3) is 0 Å². The zero-order valence-electron chi connectivity index (χ0n) is 23.3. The molecule has 37 heavy (non-hydrogen) atoms. The summed E-state index contributed by atoms with van der Waals surface area (Å²) in [6.07, 6.45) is 13.2. The molecule has 6 heteroatoms. The Kier molecular flexibility index (Phi) is 12.5. The van der Waals surface area contributed by atoms with Crippen LogP contribution in [0.1, 0.15) is 65.9 Å². The van der Waals surface area contributed by atoms with E-state index in [-0.39, 0.29) is 18.7 Å². The molecule has 0 N–H and O–H groups in total. The number of unbranched alkanes of at least 4 members (excludes halogenated alkanes) is 1. The summed E-state index contributed by atoms with van der Waals surface area (Å²) in [4.78, 5) is 0. The molecule has 0 amide bonds. The molecular weight excluding hydrogens is 468 g/mol. The van der Waals surface area contributed by atoms with Crippen molar-refractivity contribution in [3.63, 3.8) is 0 Å². The quantitative estimate of drug-likeness (QED) is 0.0914. The Labute approximate surface area is 223 Å².